The van der Waals surface area contributed by atoms with Crippen LogP contribution in [0.3, 0.4) is 0 Å². The van der Waals surface area contributed by atoms with E-state index in [0.717, 1.165) is 38.0 Å². The molecule has 0 N–H and O–H groups in total. The van der Waals surface area contributed by atoms with Crippen LogP contribution in [0.4, 0.5) is 0 Å². The van der Waals surface area contributed by atoms with Crippen LogP contribution in [0.25, 0.3) is 0 Å². The van der Waals surface area contributed by atoms with Crippen LogP contribution in [0, 0.1) is 10.8 Å². The Hall–Kier alpha value is -1.32. The second-order valence-electron chi connectivity index (χ2n) is 8.08. The van der Waals surface area contributed by atoms with E-state index >= 15 is 0 Å². The summed E-state index contributed by atoms with van der Waals surface area (Å²) in [5, 5.41) is 3.99. The van der Waals surface area contributed by atoms with Crippen molar-refractivity contribution in [2.45, 2.75) is 65.8 Å². The zero-order chi connectivity index (χ0) is 15.3. The van der Waals surface area contributed by atoms with Crippen molar-refractivity contribution in [1.29, 1.82) is 0 Å². The highest BCUT2D eigenvalue weighted by molar-refractivity contribution is 5.92. The van der Waals surface area contributed by atoms with E-state index in [0.29, 0.717) is 17.2 Å². The van der Waals surface area contributed by atoms with Crippen LogP contribution in [0.1, 0.15) is 69.6 Å². The van der Waals surface area contributed by atoms with Gasteiger partial charge in [-0.05, 0) is 36.5 Å². The summed E-state index contributed by atoms with van der Waals surface area (Å²) in [4.78, 5) is 14.8. The van der Waals surface area contributed by atoms with E-state index in [1.807, 2.05) is 11.0 Å². The van der Waals surface area contributed by atoms with Crippen molar-refractivity contribution in [2.75, 3.05) is 6.54 Å². The largest absolute Gasteiger partial charge is 0.361 e. The summed E-state index contributed by atoms with van der Waals surface area (Å²) in [5.74, 6) is 0.863. The summed E-state index contributed by atoms with van der Waals surface area (Å²) in [6, 6.07) is 2.18. The zero-order valence-corrected chi connectivity index (χ0v) is 13.6. The minimum Gasteiger partial charge on any atom is -0.361 e. The molecule has 1 aliphatic heterocycles. The number of aromatic nitrogens is 1. The lowest BCUT2D eigenvalue weighted by Crippen LogP contribution is -2.37. The van der Waals surface area contributed by atoms with Gasteiger partial charge in [0.2, 0.25) is 0 Å². The van der Waals surface area contributed by atoms with Gasteiger partial charge >= 0.3 is 0 Å². The molecule has 0 unspecified atom stereocenters. The first-order chi connectivity index (χ1) is 9.82. The Morgan fingerprint density at radius 2 is 2.19 bits per heavy atom. The normalized spacial score (nSPS) is 30.7. The molecule has 0 aromatic carbocycles. The maximum atomic E-state index is 12.8. The number of likely N-dealkylation sites (tertiary alicyclic amines) is 1. The van der Waals surface area contributed by atoms with Crippen molar-refractivity contribution in [3.63, 3.8) is 0 Å². The molecule has 2 bridgehead atoms. The van der Waals surface area contributed by atoms with Gasteiger partial charge in [-0.1, -0.05) is 32.9 Å². The molecular weight excluding hydrogens is 264 g/mol. The number of carbonyl (C=O) groups is 1. The molecule has 116 valence electrons. The number of carbonyl (C=O) groups excluding carboxylic acids is 1. The third kappa shape index (κ3) is 2.72. The number of aryl methyl sites for hydroxylation is 1. The van der Waals surface area contributed by atoms with E-state index in [-0.39, 0.29) is 11.3 Å². The summed E-state index contributed by atoms with van der Waals surface area (Å²) in [6.07, 6.45) is 5.26. The molecule has 3 rings (SSSR count). The molecule has 0 spiro atoms. The molecule has 1 amide bonds. The average molecular weight is 290 g/mol. The summed E-state index contributed by atoms with van der Waals surface area (Å²) in [7, 11) is 0. The van der Waals surface area contributed by atoms with Gasteiger partial charge in [0, 0.05) is 25.1 Å². The lowest BCUT2D eigenvalue weighted by molar-refractivity contribution is 0.0698. The number of amides is 1. The van der Waals surface area contributed by atoms with Gasteiger partial charge in [-0.15, -0.1) is 0 Å². The molecule has 2 aliphatic rings. The molecule has 4 nitrogen and oxygen atoms in total. The highest BCUT2D eigenvalue weighted by Crippen LogP contribution is 2.52. The van der Waals surface area contributed by atoms with Crippen LogP contribution in [0.2, 0.25) is 0 Å². The number of nitrogens with zero attached hydrogens (tertiary/aromatic N) is 2. The predicted molar refractivity (Wildman–Crippen MR) is 81.1 cm³/mol. The fourth-order valence-electron chi connectivity index (χ4n) is 4.62. The first-order valence-corrected chi connectivity index (χ1v) is 8.08. The van der Waals surface area contributed by atoms with Gasteiger partial charge in [0.15, 0.2) is 5.69 Å². The van der Waals surface area contributed by atoms with Crippen LogP contribution in [-0.4, -0.2) is 28.6 Å². The van der Waals surface area contributed by atoms with Gasteiger partial charge in [-0.2, -0.15) is 0 Å². The van der Waals surface area contributed by atoms with E-state index in [2.05, 4.69) is 32.9 Å². The van der Waals surface area contributed by atoms with E-state index < -0.39 is 0 Å². The van der Waals surface area contributed by atoms with Crippen molar-refractivity contribution >= 4 is 5.91 Å². The number of rotatable bonds is 3. The molecular formula is C17H26N2O2. The SMILES string of the molecule is CCCc1cc(C(=O)N2C[C@@]3(C)C[C@H]2CC(C)(C)C3)no1. The fraction of sp³-hybridized carbons (Fsp3) is 0.765. The van der Waals surface area contributed by atoms with Gasteiger partial charge in [0.25, 0.3) is 5.91 Å². The summed E-state index contributed by atoms with van der Waals surface area (Å²) in [6.45, 7) is 9.91. The van der Waals surface area contributed by atoms with Gasteiger partial charge in [0.05, 0.1) is 0 Å². The molecule has 1 aromatic rings. The average Bonchev–Trinajstić information content (AvgIpc) is 2.90. The lowest BCUT2D eigenvalue weighted by Gasteiger charge is -2.39. The first kappa shape index (κ1) is 14.6. The van der Waals surface area contributed by atoms with E-state index in [1.54, 1.807) is 0 Å². The Morgan fingerprint density at radius 3 is 2.90 bits per heavy atom. The maximum absolute atomic E-state index is 12.8. The number of hydrogen-bond acceptors (Lipinski definition) is 3. The molecule has 1 aliphatic carbocycles. The van der Waals surface area contributed by atoms with Crippen molar-refractivity contribution < 1.29 is 9.32 Å². The molecule has 2 atom stereocenters. The maximum Gasteiger partial charge on any atom is 0.276 e. The zero-order valence-electron chi connectivity index (χ0n) is 13.6. The minimum absolute atomic E-state index is 0.0486. The second kappa shape index (κ2) is 4.85. The molecule has 1 saturated heterocycles. The highest BCUT2D eigenvalue weighted by Gasteiger charge is 2.51. The topological polar surface area (TPSA) is 46.3 Å². The van der Waals surface area contributed by atoms with Crippen LogP contribution in [0.5, 0.6) is 0 Å². The van der Waals surface area contributed by atoms with E-state index in [9.17, 15) is 4.79 Å². The van der Waals surface area contributed by atoms with E-state index in [1.165, 1.54) is 6.42 Å². The standard InChI is InChI=1S/C17H26N2O2/c1-5-6-13-7-14(18-21-13)15(20)19-11-17(4)9-12(19)8-16(2,3)10-17/h7,12H,5-6,8-11H2,1-4H3/t12-,17+/m1/s1. The number of hydrogen-bond donors (Lipinski definition) is 0. The van der Waals surface area contributed by atoms with Crippen LogP contribution >= 0.6 is 0 Å². The van der Waals surface area contributed by atoms with Crippen LogP contribution in [-0.2, 0) is 6.42 Å². The second-order valence-corrected chi connectivity index (χ2v) is 8.08. The van der Waals surface area contributed by atoms with Gasteiger partial charge in [0.1, 0.15) is 5.76 Å². The molecule has 1 saturated carbocycles. The predicted octanol–water partition coefficient (Wildman–Crippen LogP) is 3.67. The summed E-state index contributed by atoms with van der Waals surface area (Å²) in [5.41, 5.74) is 1.06. The molecule has 2 fully saturated rings. The Bertz CT molecular complexity index is 549. The van der Waals surface area contributed by atoms with E-state index in [4.69, 9.17) is 4.52 Å². The highest BCUT2D eigenvalue weighted by atomic mass is 16.5. The van der Waals surface area contributed by atoms with Gasteiger partial charge in [-0.3, -0.25) is 4.79 Å². The smallest absolute Gasteiger partial charge is 0.276 e. The molecule has 2 heterocycles. The molecule has 21 heavy (non-hydrogen) atoms. The monoisotopic (exact) mass is 290 g/mol. The minimum atomic E-state index is 0.0486. The third-order valence-electron chi connectivity index (χ3n) is 4.95. The quantitative estimate of drug-likeness (QED) is 0.853. The van der Waals surface area contributed by atoms with Crippen molar-refractivity contribution in [3.05, 3.63) is 17.5 Å². The van der Waals surface area contributed by atoms with Crippen LogP contribution < -0.4 is 0 Å². The van der Waals surface area contributed by atoms with Crippen LogP contribution in [0.15, 0.2) is 10.6 Å². The fourth-order valence-corrected chi connectivity index (χ4v) is 4.62. The number of fused-ring (bicyclic) bond motifs is 2. The molecule has 0 radical (unpaired) electrons. The first-order valence-electron chi connectivity index (χ1n) is 8.08. The van der Waals surface area contributed by atoms with Crippen molar-refractivity contribution in [2.24, 2.45) is 10.8 Å². The Kier molecular flexibility index (Phi) is 3.38. The Labute approximate surface area is 126 Å². The Morgan fingerprint density at radius 1 is 1.43 bits per heavy atom. The summed E-state index contributed by atoms with van der Waals surface area (Å²) < 4.78 is 5.27. The summed E-state index contributed by atoms with van der Waals surface area (Å²) >= 11 is 0. The van der Waals surface area contributed by atoms with Crippen molar-refractivity contribution in [3.8, 4) is 0 Å². The Balaban J connectivity index is 1.79. The van der Waals surface area contributed by atoms with Crippen molar-refractivity contribution in [1.82, 2.24) is 10.1 Å². The molecule has 4 heteroatoms. The van der Waals surface area contributed by atoms with Gasteiger partial charge < -0.3 is 9.42 Å². The lowest BCUT2D eigenvalue weighted by atomic mass is 9.65. The molecule has 1 aromatic heterocycles. The van der Waals surface area contributed by atoms with Gasteiger partial charge in [-0.25, -0.2) is 0 Å². The third-order valence-corrected chi connectivity index (χ3v) is 4.95.